The van der Waals surface area contributed by atoms with Gasteiger partial charge in [-0.05, 0) is 35.8 Å². The molecule has 1 aromatic heterocycles. The molecule has 2 heterocycles. The summed E-state index contributed by atoms with van der Waals surface area (Å²) in [6.07, 6.45) is -0.0307. The zero-order valence-electron chi connectivity index (χ0n) is 17.1. The summed E-state index contributed by atoms with van der Waals surface area (Å²) in [7, 11) is 1.67. The van der Waals surface area contributed by atoms with Crippen molar-refractivity contribution in [2.24, 2.45) is 13.0 Å². The third-order valence-electron chi connectivity index (χ3n) is 5.07. The van der Waals surface area contributed by atoms with Crippen molar-refractivity contribution in [2.75, 3.05) is 13.2 Å². The quantitative estimate of drug-likeness (QED) is 0.497. The van der Waals surface area contributed by atoms with E-state index in [0.717, 1.165) is 5.56 Å². The van der Waals surface area contributed by atoms with Crippen LogP contribution in [0, 0.1) is 5.92 Å². The van der Waals surface area contributed by atoms with E-state index in [1.54, 1.807) is 18.9 Å². The maximum atomic E-state index is 12.8. The number of Topliss-reactive ketones (excluding diaryl/α,β-unsaturated/α-hetero) is 1. The van der Waals surface area contributed by atoms with Gasteiger partial charge in [-0.2, -0.15) is 0 Å². The Morgan fingerprint density at radius 3 is 2.60 bits per heavy atom. The number of esters is 1. The van der Waals surface area contributed by atoms with E-state index in [1.165, 1.54) is 4.68 Å². The number of ketones is 1. The topological polar surface area (TPSA) is 117 Å². The number of hydrogen-bond acceptors (Lipinski definition) is 8. The van der Waals surface area contributed by atoms with Gasteiger partial charge in [0, 0.05) is 19.5 Å². The highest BCUT2D eigenvalue weighted by molar-refractivity contribution is 5.96. The Kier molecular flexibility index (Phi) is 7.10. The van der Waals surface area contributed by atoms with Crippen LogP contribution in [0.3, 0.4) is 0 Å². The first-order valence-corrected chi connectivity index (χ1v) is 9.87. The molecule has 1 aromatic carbocycles. The van der Waals surface area contributed by atoms with E-state index in [2.05, 4.69) is 15.5 Å². The predicted molar refractivity (Wildman–Crippen MR) is 104 cm³/mol. The first-order chi connectivity index (χ1) is 14.5. The SMILES string of the molecule is CCOC(=O)CC(=O)C1CCN(C(=O)OCc2ccccc2)C(c2nnnn2C)C1. The van der Waals surface area contributed by atoms with Gasteiger partial charge in [0.25, 0.3) is 0 Å². The van der Waals surface area contributed by atoms with Crippen LogP contribution in [0.4, 0.5) is 4.79 Å². The van der Waals surface area contributed by atoms with E-state index in [0.29, 0.717) is 25.2 Å². The monoisotopic (exact) mass is 415 g/mol. The number of nitrogens with zero attached hydrogens (tertiary/aromatic N) is 5. The van der Waals surface area contributed by atoms with Crippen molar-refractivity contribution >= 4 is 17.8 Å². The predicted octanol–water partition coefficient (Wildman–Crippen LogP) is 1.82. The maximum absolute atomic E-state index is 12.8. The molecule has 1 fully saturated rings. The third-order valence-corrected chi connectivity index (χ3v) is 5.07. The maximum Gasteiger partial charge on any atom is 0.410 e. The molecule has 2 aromatic rings. The minimum absolute atomic E-state index is 0.144. The van der Waals surface area contributed by atoms with Gasteiger partial charge in [0.05, 0.1) is 12.6 Å². The first-order valence-electron chi connectivity index (χ1n) is 9.87. The second-order valence-corrected chi connectivity index (χ2v) is 7.08. The standard InChI is InChI=1S/C20H25N5O5/c1-3-29-18(27)12-17(26)15-9-10-25(16(11-15)19-21-22-23-24(19)2)20(28)30-13-14-7-5-4-6-8-14/h4-8,15-16H,3,9-13H2,1-2H3. The average Bonchev–Trinajstić information content (AvgIpc) is 3.18. The molecule has 1 amide bonds. The summed E-state index contributed by atoms with van der Waals surface area (Å²) in [5, 5.41) is 11.5. The average molecular weight is 415 g/mol. The highest BCUT2D eigenvalue weighted by atomic mass is 16.6. The fourth-order valence-electron chi connectivity index (χ4n) is 3.54. The van der Waals surface area contributed by atoms with Crippen molar-refractivity contribution < 1.29 is 23.9 Å². The van der Waals surface area contributed by atoms with Crippen LogP contribution < -0.4 is 0 Å². The Morgan fingerprint density at radius 1 is 1.17 bits per heavy atom. The molecule has 1 aliphatic rings. The van der Waals surface area contributed by atoms with Gasteiger partial charge in [0.15, 0.2) is 5.82 Å². The molecule has 0 spiro atoms. The number of aryl methyl sites for hydroxylation is 1. The Bertz CT molecular complexity index is 885. The van der Waals surface area contributed by atoms with E-state index in [4.69, 9.17) is 9.47 Å². The van der Waals surface area contributed by atoms with Crippen LogP contribution in [0.25, 0.3) is 0 Å². The van der Waals surface area contributed by atoms with Gasteiger partial charge >= 0.3 is 12.1 Å². The molecular formula is C20H25N5O5. The summed E-state index contributed by atoms with van der Waals surface area (Å²) >= 11 is 0. The number of tetrazole rings is 1. The van der Waals surface area contributed by atoms with Crippen LogP contribution in [0.2, 0.25) is 0 Å². The number of amides is 1. The Morgan fingerprint density at radius 2 is 1.93 bits per heavy atom. The number of piperidine rings is 1. The lowest BCUT2D eigenvalue weighted by atomic mass is 9.86. The lowest BCUT2D eigenvalue weighted by Crippen LogP contribution is -2.44. The molecule has 10 heteroatoms. The number of aromatic nitrogens is 4. The van der Waals surface area contributed by atoms with E-state index in [9.17, 15) is 14.4 Å². The number of hydrogen-bond donors (Lipinski definition) is 0. The van der Waals surface area contributed by atoms with E-state index in [1.807, 2.05) is 30.3 Å². The summed E-state index contributed by atoms with van der Waals surface area (Å²) < 4.78 is 11.8. The molecule has 0 N–H and O–H groups in total. The molecule has 30 heavy (non-hydrogen) atoms. The van der Waals surface area contributed by atoms with Crippen molar-refractivity contribution in [2.45, 2.75) is 38.8 Å². The first kappa shape index (κ1) is 21.4. The second kappa shape index (κ2) is 9.95. The molecule has 160 valence electrons. The van der Waals surface area contributed by atoms with Crippen molar-refractivity contribution in [3.8, 4) is 0 Å². The molecule has 2 atom stereocenters. The summed E-state index contributed by atoms with van der Waals surface area (Å²) in [5.41, 5.74) is 0.877. The van der Waals surface area contributed by atoms with Crippen LogP contribution in [0.1, 0.15) is 43.6 Å². The van der Waals surface area contributed by atoms with Gasteiger partial charge in [0.1, 0.15) is 18.8 Å². The molecular weight excluding hydrogens is 390 g/mol. The lowest BCUT2D eigenvalue weighted by Gasteiger charge is -2.37. The molecule has 0 aliphatic carbocycles. The lowest BCUT2D eigenvalue weighted by molar-refractivity contribution is -0.146. The molecule has 10 nitrogen and oxygen atoms in total. The van der Waals surface area contributed by atoms with E-state index >= 15 is 0 Å². The minimum atomic E-state index is -0.538. The van der Waals surface area contributed by atoms with Crippen LogP contribution in [-0.2, 0) is 32.7 Å². The van der Waals surface area contributed by atoms with Gasteiger partial charge in [0.2, 0.25) is 0 Å². The number of likely N-dealkylation sites (tertiary alicyclic amines) is 1. The van der Waals surface area contributed by atoms with Crippen LogP contribution >= 0.6 is 0 Å². The van der Waals surface area contributed by atoms with Crippen molar-refractivity contribution in [1.82, 2.24) is 25.1 Å². The highest BCUT2D eigenvalue weighted by Gasteiger charge is 2.39. The van der Waals surface area contributed by atoms with E-state index < -0.39 is 24.0 Å². The zero-order chi connectivity index (χ0) is 21.5. The van der Waals surface area contributed by atoms with Gasteiger partial charge < -0.3 is 9.47 Å². The van der Waals surface area contributed by atoms with Gasteiger partial charge in [-0.1, -0.05) is 30.3 Å². The Balaban J connectivity index is 1.70. The van der Waals surface area contributed by atoms with Crippen LogP contribution in [-0.4, -0.2) is 56.1 Å². The zero-order valence-corrected chi connectivity index (χ0v) is 17.1. The number of rotatable bonds is 7. The number of carbonyl (C=O) groups excluding carboxylic acids is 3. The van der Waals surface area contributed by atoms with Gasteiger partial charge in [-0.25, -0.2) is 9.48 Å². The van der Waals surface area contributed by atoms with Crippen molar-refractivity contribution in [3.63, 3.8) is 0 Å². The molecule has 0 radical (unpaired) electrons. The summed E-state index contributed by atoms with van der Waals surface area (Å²) in [6, 6.07) is 8.85. The molecule has 1 aliphatic heterocycles. The number of benzene rings is 1. The molecule has 0 bridgehead atoms. The fourth-order valence-corrected chi connectivity index (χ4v) is 3.54. The largest absolute Gasteiger partial charge is 0.466 e. The number of carbonyl (C=O) groups is 3. The smallest absolute Gasteiger partial charge is 0.410 e. The number of ether oxygens (including phenoxy) is 2. The molecule has 3 rings (SSSR count). The van der Waals surface area contributed by atoms with Crippen LogP contribution in [0.5, 0.6) is 0 Å². The Labute approximate surface area is 174 Å². The summed E-state index contributed by atoms with van der Waals surface area (Å²) in [4.78, 5) is 38.6. The van der Waals surface area contributed by atoms with Crippen LogP contribution in [0.15, 0.2) is 30.3 Å². The van der Waals surface area contributed by atoms with Gasteiger partial charge in [-0.15, -0.1) is 5.10 Å². The molecule has 0 saturated carbocycles. The van der Waals surface area contributed by atoms with Crippen molar-refractivity contribution in [1.29, 1.82) is 0 Å². The summed E-state index contributed by atoms with van der Waals surface area (Å²) in [6.45, 7) is 2.36. The fraction of sp³-hybridized carbons (Fsp3) is 0.500. The highest BCUT2D eigenvalue weighted by Crippen LogP contribution is 2.34. The summed E-state index contributed by atoms with van der Waals surface area (Å²) in [5.74, 6) is -0.676. The second-order valence-electron chi connectivity index (χ2n) is 7.08. The normalized spacial score (nSPS) is 18.7. The van der Waals surface area contributed by atoms with E-state index in [-0.39, 0.29) is 25.4 Å². The van der Waals surface area contributed by atoms with Gasteiger partial charge in [-0.3, -0.25) is 14.5 Å². The minimum Gasteiger partial charge on any atom is -0.466 e. The van der Waals surface area contributed by atoms with Crippen molar-refractivity contribution in [3.05, 3.63) is 41.7 Å². The third kappa shape index (κ3) is 5.19. The molecule has 2 unspecified atom stereocenters. The molecule has 1 saturated heterocycles. The Hall–Kier alpha value is -3.30.